The Morgan fingerprint density at radius 3 is 2.63 bits per heavy atom. The number of hydrogen-bond donors (Lipinski definition) is 1. The number of imidazole rings is 1. The quantitative estimate of drug-likeness (QED) is 0.893. The monoisotopic (exact) mass is 256 g/mol. The van der Waals surface area contributed by atoms with Gasteiger partial charge in [-0.3, -0.25) is 0 Å². The molecule has 3 rings (SSSR count). The molecule has 1 aromatic carbocycles. The molecule has 1 fully saturated rings. The molecule has 1 heterocycles. The van der Waals surface area contributed by atoms with Crippen LogP contribution < -0.4 is 0 Å². The predicted molar refractivity (Wildman–Crippen MR) is 74.9 cm³/mol. The van der Waals surface area contributed by atoms with Crippen molar-refractivity contribution in [2.75, 3.05) is 0 Å². The van der Waals surface area contributed by atoms with Gasteiger partial charge in [-0.15, -0.1) is 0 Å². The Kier molecular flexibility index (Phi) is 3.38. The Morgan fingerprint density at radius 2 is 2.05 bits per heavy atom. The van der Waals surface area contributed by atoms with Crippen LogP contribution in [0.5, 0.6) is 0 Å². The van der Waals surface area contributed by atoms with Crippen molar-refractivity contribution in [2.24, 2.45) is 7.05 Å². The molecular weight excluding hydrogens is 236 g/mol. The second-order valence-corrected chi connectivity index (χ2v) is 5.45. The lowest BCUT2D eigenvalue weighted by atomic mass is 10.0. The highest BCUT2D eigenvalue weighted by Crippen LogP contribution is 2.40. The fourth-order valence-electron chi connectivity index (χ4n) is 2.48. The summed E-state index contributed by atoms with van der Waals surface area (Å²) in [5.41, 5.74) is 2.43. The van der Waals surface area contributed by atoms with E-state index in [2.05, 4.69) is 29.2 Å². The fraction of sp³-hybridized carbons (Fsp3) is 0.438. The van der Waals surface area contributed by atoms with Crippen LogP contribution in [-0.4, -0.2) is 14.7 Å². The first-order chi connectivity index (χ1) is 9.24. The van der Waals surface area contributed by atoms with E-state index in [9.17, 15) is 5.11 Å². The molecule has 1 saturated carbocycles. The van der Waals surface area contributed by atoms with Gasteiger partial charge in [-0.1, -0.05) is 24.3 Å². The number of aromatic nitrogens is 2. The van der Waals surface area contributed by atoms with E-state index in [4.69, 9.17) is 0 Å². The van der Waals surface area contributed by atoms with Gasteiger partial charge in [0.15, 0.2) is 0 Å². The van der Waals surface area contributed by atoms with Crippen LogP contribution in [0.3, 0.4) is 0 Å². The number of rotatable bonds is 5. The molecule has 19 heavy (non-hydrogen) atoms. The topological polar surface area (TPSA) is 38.0 Å². The fourth-order valence-corrected chi connectivity index (χ4v) is 2.48. The van der Waals surface area contributed by atoms with Crippen molar-refractivity contribution >= 4 is 0 Å². The summed E-state index contributed by atoms with van der Waals surface area (Å²) >= 11 is 0. The van der Waals surface area contributed by atoms with Gasteiger partial charge in [0, 0.05) is 25.9 Å². The summed E-state index contributed by atoms with van der Waals surface area (Å²) < 4.78 is 2.00. The van der Waals surface area contributed by atoms with Crippen LogP contribution in [0.1, 0.15) is 48.2 Å². The highest BCUT2D eigenvalue weighted by atomic mass is 16.3. The lowest BCUT2D eigenvalue weighted by Crippen LogP contribution is -2.03. The minimum atomic E-state index is -0.398. The van der Waals surface area contributed by atoms with Crippen molar-refractivity contribution in [3.8, 4) is 0 Å². The molecule has 3 heteroatoms. The third-order valence-electron chi connectivity index (χ3n) is 3.93. The molecule has 0 spiro atoms. The highest BCUT2D eigenvalue weighted by molar-refractivity contribution is 5.29. The second kappa shape index (κ2) is 5.17. The van der Waals surface area contributed by atoms with E-state index in [-0.39, 0.29) is 0 Å². The van der Waals surface area contributed by atoms with E-state index in [1.54, 1.807) is 6.20 Å². The van der Waals surface area contributed by atoms with Crippen LogP contribution in [0.4, 0.5) is 0 Å². The van der Waals surface area contributed by atoms with Gasteiger partial charge in [-0.25, -0.2) is 4.98 Å². The first kappa shape index (κ1) is 12.4. The molecule has 0 amide bonds. The van der Waals surface area contributed by atoms with Gasteiger partial charge in [0.1, 0.15) is 5.82 Å². The standard InChI is InChI=1S/C16H20N2O/c1-18-11-10-17-16(18)9-8-15(19)14-6-4-13(5-7-14)12-2-3-12/h4-7,10-12,15,19H,2-3,8-9H2,1H3. The summed E-state index contributed by atoms with van der Waals surface area (Å²) in [4.78, 5) is 4.28. The average Bonchev–Trinajstić information content (AvgIpc) is 3.20. The van der Waals surface area contributed by atoms with Gasteiger partial charge in [0.05, 0.1) is 6.10 Å². The van der Waals surface area contributed by atoms with Crippen molar-refractivity contribution in [2.45, 2.75) is 37.7 Å². The average molecular weight is 256 g/mol. The zero-order valence-corrected chi connectivity index (χ0v) is 11.3. The third kappa shape index (κ3) is 2.87. The number of aryl methyl sites for hydroxylation is 2. The van der Waals surface area contributed by atoms with Gasteiger partial charge in [-0.05, 0) is 36.3 Å². The second-order valence-electron chi connectivity index (χ2n) is 5.45. The molecule has 1 aliphatic rings. The molecule has 0 saturated heterocycles. The Balaban J connectivity index is 1.60. The molecule has 1 unspecified atom stereocenters. The maximum Gasteiger partial charge on any atom is 0.108 e. The number of nitrogens with zero attached hydrogens (tertiary/aromatic N) is 2. The summed E-state index contributed by atoms with van der Waals surface area (Å²) in [5, 5.41) is 10.2. The normalized spacial score (nSPS) is 16.5. The first-order valence-electron chi connectivity index (χ1n) is 6.98. The lowest BCUT2D eigenvalue weighted by Gasteiger charge is -2.11. The van der Waals surface area contributed by atoms with E-state index in [0.29, 0.717) is 6.42 Å². The van der Waals surface area contributed by atoms with Crippen LogP contribution in [0, 0.1) is 0 Å². The molecule has 3 nitrogen and oxygen atoms in total. The summed E-state index contributed by atoms with van der Waals surface area (Å²) in [6, 6.07) is 8.46. The summed E-state index contributed by atoms with van der Waals surface area (Å²) in [7, 11) is 1.99. The Morgan fingerprint density at radius 1 is 1.32 bits per heavy atom. The van der Waals surface area contributed by atoms with Crippen molar-refractivity contribution < 1.29 is 5.11 Å². The van der Waals surface area contributed by atoms with E-state index >= 15 is 0 Å². The van der Waals surface area contributed by atoms with Crippen LogP contribution in [-0.2, 0) is 13.5 Å². The largest absolute Gasteiger partial charge is 0.388 e. The maximum absolute atomic E-state index is 10.2. The maximum atomic E-state index is 10.2. The Hall–Kier alpha value is -1.61. The Bertz CT molecular complexity index is 540. The molecule has 1 N–H and O–H groups in total. The van der Waals surface area contributed by atoms with Gasteiger partial charge in [0.2, 0.25) is 0 Å². The van der Waals surface area contributed by atoms with Crippen LogP contribution in [0.2, 0.25) is 0 Å². The van der Waals surface area contributed by atoms with Gasteiger partial charge >= 0.3 is 0 Å². The molecule has 0 aliphatic heterocycles. The summed E-state index contributed by atoms with van der Waals surface area (Å²) in [6.07, 6.45) is 7.49. The number of benzene rings is 1. The minimum absolute atomic E-state index is 0.398. The predicted octanol–water partition coefficient (Wildman–Crippen LogP) is 2.96. The van der Waals surface area contributed by atoms with E-state index in [0.717, 1.165) is 23.7 Å². The highest BCUT2D eigenvalue weighted by Gasteiger charge is 2.23. The molecule has 0 radical (unpaired) electrons. The van der Waals surface area contributed by atoms with Gasteiger partial charge < -0.3 is 9.67 Å². The SMILES string of the molecule is Cn1ccnc1CCC(O)c1ccc(C2CC2)cc1. The third-order valence-corrected chi connectivity index (χ3v) is 3.93. The van der Waals surface area contributed by atoms with E-state index < -0.39 is 6.10 Å². The summed E-state index contributed by atoms with van der Waals surface area (Å²) in [6.45, 7) is 0. The van der Waals surface area contributed by atoms with Crippen molar-refractivity contribution in [3.05, 3.63) is 53.6 Å². The number of hydrogen-bond acceptors (Lipinski definition) is 2. The Labute approximate surface area is 113 Å². The van der Waals surface area contributed by atoms with E-state index in [1.165, 1.54) is 18.4 Å². The molecule has 0 bridgehead atoms. The van der Waals surface area contributed by atoms with Crippen LogP contribution >= 0.6 is 0 Å². The molecule has 2 aromatic rings. The van der Waals surface area contributed by atoms with Crippen molar-refractivity contribution in [1.82, 2.24) is 9.55 Å². The minimum Gasteiger partial charge on any atom is -0.388 e. The number of aliphatic hydroxyl groups is 1. The first-order valence-corrected chi connectivity index (χ1v) is 6.98. The molecule has 100 valence electrons. The number of aliphatic hydroxyl groups excluding tert-OH is 1. The van der Waals surface area contributed by atoms with Gasteiger partial charge in [0.25, 0.3) is 0 Å². The zero-order chi connectivity index (χ0) is 13.2. The zero-order valence-electron chi connectivity index (χ0n) is 11.3. The van der Waals surface area contributed by atoms with E-state index in [1.807, 2.05) is 17.8 Å². The molecule has 1 aromatic heterocycles. The molecule has 1 aliphatic carbocycles. The van der Waals surface area contributed by atoms with Crippen LogP contribution in [0.15, 0.2) is 36.7 Å². The van der Waals surface area contributed by atoms with Crippen molar-refractivity contribution in [1.29, 1.82) is 0 Å². The van der Waals surface area contributed by atoms with Crippen LogP contribution in [0.25, 0.3) is 0 Å². The lowest BCUT2D eigenvalue weighted by molar-refractivity contribution is 0.167. The van der Waals surface area contributed by atoms with Crippen molar-refractivity contribution in [3.63, 3.8) is 0 Å². The molecular formula is C16H20N2O. The summed E-state index contributed by atoms with van der Waals surface area (Å²) in [5.74, 6) is 1.80. The smallest absolute Gasteiger partial charge is 0.108 e. The molecule has 1 atom stereocenters. The van der Waals surface area contributed by atoms with Gasteiger partial charge in [-0.2, -0.15) is 0 Å².